The molecule has 5 aliphatic heterocycles. The van der Waals surface area contributed by atoms with Crippen LogP contribution in [0.1, 0.15) is 173 Å². The minimum atomic E-state index is -0.702. The molecule has 566 valence electrons. The second-order valence-corrected chi connectivity index (χ2v) is 34.2. The average Bonchev–Trinajstić information content (AvgIpc) is 1.60. The molecular formula is C82H92IN17O9. The fourth-order valence-electron chi connectivity index (χ4n) is 15.1. The van der Waals surface area contributed by atoms with Crippen LogP contribution in [0.5, 0.6) is 0 Å². The van der Waals surface area contributed by atoms with Crippen molar-refractivity contribution in [3.05, 3.63) is 142 Å². The molecule has 27 heteroatoms. The number of amides is 4. The molecular weight excluding hydrogens is 1490 g/mol. The number of imidazole rings is 2. The van der Waals surface area contributed by atoms with Gasteiger partial charge in [-0.05, 0) is 208 Å². The summed E-state index contributed by atoms with van der Waals surface area (Å²) in [5.41, 5.74) is 15.4. The number of likely N-dealkylation sites (tertiary alicyclic amines) is 1. The first-order valence-corrected chi connectivity index (χ1v) is 39.3. The molecule has 2 saturated heterocycles. The first kappa shape index (κ1) is 73.1. The zero-order valence-corrected chi connectivity index (χ0v) is 65.4. The van der Waals surface area contributed by atoms with Crippen molar-refractivity contribution in [1.29, 1.82) is 0 Å². The molecule has 4 aliphatic carbocycles. The lowest BCUT2D eigenvalue weighted by atomic mass is 10.0. The van der Waals surface area contributed by atoms with Crippen molar-refractivity contribution >= 4 is 125 Å². The molecule has 109 heavy (non-hydrogen) atoms. The summed E-state index contributed by atoms with van der Waals surface area (Å²) in [6.45, 7) is 23.4. The highest BCUT2D eigenvalue weighted by Crippen LogP contribution is 2.40. The smallest absolute Gasteiger partial charge is 0.420 e. The molecule has 7 aromatic heterocycles. The van der Waals surface area contributed by atoms with Gasteiger partial charge in [-0.25, -0.2) is 58.4 Å². The molecule has 0 radical (unpaired) electrons. The van der Waals surface area contributed by atoms with Gasteiger partial charge in [-0.2, -0.15) is 0 Å². The Morgan fingerprint density at radius 1 is 0.505 bits per heavy atom. The maximum absolute atomic E-state index is 13.4. The van der Waals surface area contributed by atoms with Gasteiger partial charge in [-0.3, -0.25) is 19.4 Å². The number of halogens is 1. The molecule has 1 N–H and O–H groups in total. The molecule has 2 aromatic carbocycles. The number of piperidine rings is 2. The fraction of sp³-hybridized carbons (Fsp3) is 0.463. The number of benzene rings is 2. The molecule has 2 atom stereocenters. The van der Waals surface area contributed by atoms with Crippen molar-refractivity contribution < 1.29 is 43.0 Å². The molecule has 26 nitrogen and oxygen atoms in total. The Hall–Kier alpha value is -10.0. The van der Waals surface area contributed by atoms with E-state index in [1.54, 1.807) is 29.7 Å². The van der Waals surface area contributed by atoms with Crippen LogP contribution in [0.2, 0.25) is 0 Å². The summed E-state index contributed by atoms with van der Waals surface area (Å²) in [4.78, 5) is 122. The Labute approximate surface area is 645 Å². The van der Waals surface area contributed by atoms with Crippen LogP contribution in [0.4, 0.5) is 14.4 Å². The highest BCUT2D eigenvalue weighted by molar-refractivity contribution is 14.1. The lowest BCUT2D eigenvalue weighted by Gasteiger charge is -2.34. The summed E-state index contributed by atoms with van der Waals surface area (Å²) in [7, 11) is 0. The maximum atomic E-state index is 13.4. The molecule has 5 fully saturated rings. The predicted octanol–water partition coefficient (Wildman–Crippen LogP) is 13.3. The van der Waals surface area contributed by atoms with E-state index < -0.39 is 29.0 Å². The molecule has 9 aromatic rings. The van der Waals surface area contributed by atoms with Crippen LogP contribution in [0.3, 0.4) is 0 Å². The number of ether oxygens (including phenoxy) is 3. The number of hydrogen-bond donors (Lipinski definition) is 1. The van der Waals surface area contributed by atoms with Gasteiger partial charge < -0.3 is 48.3 Å². The number of carbonyl (C=O) groups excluding carboxylic acids is 6. The SMILES string of the molecule is CC(C)(C)OC(=O)N1CCCC(n2cnc3ccc(-c4cn(C(=O)OC(C)(C)C)c5ncc(C6=CCN(C(=O)C7CC7)C6)nc45)cc32)C1.CC(C)(C)OC(=O)n1cc(I)c2nc(C3=CCN(C(=O)C4CC4)C3)cnc21.O=C(C1CC1)N1CC=C(c2cnc3c(n2)C(c2ccc4ncn(C5CCCNC5)c4c2)=CC3)C1. The van der Waals surface area contributed by atoms with E-state index in [4.69, 9.17) is 39.1 Å². The lowest BCUT2D eigenvalue weighted by Crippen LogP contribution is -2.43. The number of allylic oxidation sites excluding steroid dienone is 1. The zero-order chi connectivity index (χ0) is 75.9. The molecule has 18 rings (SSSR count). The summed E-state index contributed by atoms with van der Waals surface area (Å²) >= 11 is 2.15. The molecule has 0 spiro atoms. The highest BCUT2D eigenvalue weighted by atomic mass is 127. The van der Waals surface area contributed by atoms with Gasteiger partial charge in [-0.15, -0.1) is 0 Å². The second-order valence-electron chi connectivity index (χ2n) is 33.0. The maximum Gasteiger partial charge on any atom is 0.420 e. The van der Waals surface area contributed by atoms with Crippen molar-refractivity contribution in [1.82, 2.24) is 83.1 Å². The molecule has 12 heterocycles. The summed E-state index contributed by atoms with van der Waals surface area (Å²) in [6.07, 6.45) is 30.5. The third kappa shape index (κ3) is 15.8. The van der Waals surface area contributed by atoms with Gasteiger partial charge in [0.15, 0.2) is 11.3 Å². The summed E-state index contributed by atoms with van der Waals surface area (Å²) < 4.78 is 24.9. The van der Waals surface area contributed by atoms with Crippen LogP contribution >= 0.6 is 22.6 Å². The van der Waals surface area contributed by atoms with Gasteiger partial charge in [0.25, 0.3) is 0 Å². The van der Waals surface area contributed by atoms with Crippen LogP contribution < -0.4 is 5.32 Å². The largest absolute Gasteiger partial charge is 0.444 e. The Balaban J connectivity index is 0.000000130. The quantitative estimate of drug-likeness (QED) is 0.0983. The van der Waals surface area contributed by atoms with E-state index in [2.05, 4.69) is 88.4 Å². The van der Waals surface area contributed by atoms with Crippen molar-refractivity contribution in [3.8, 4) is 11.1 Å². The first-order chi connectivity index (χ1) is 52.2. The normalized spacial score (nSPS) is 19.5. The Morgan fingerprint density at radius 2 is 0.982 bits per heavy atom. The van der Waals surface area contributed by atoms with Gasteiger partial charge in [0.1, 0.15) is 27.8 Å². The number of carbonyl (C=O) groups is 6. The second kappa shape index (κ2) is 29.1. The number of rotatable bonds is 10. The van der Waals surface area contributed by atoms with Crippen molar-refractivity contribution in [2.24, 2.45) is 17.8 Å². The van der Waals surface area contributed by atoms with E-state index in [-0.39, 0.29) is 41.7 Å². The van der Waals surface area contributed by atoms with E-state index in [0.717, 1.165) is 153 Å². The summed E-state index contributed by atoms with van der Waals surface area (Å²) in [5, 5.41) is 3.51. The molecule has 9 aliphatic rings. The van der Waals surface area contributed by atoms with Gasteiger partial charge in [0, 0.05) is 113 Å². The lowest BCUT2D eigenvalue weighted by molar-refractivity contribution is -0.131. The number of nitrogens with one attached hydrogen (secondary N) is 1. The predicted molar refractivity (Wildman–Crippen MR) is 421 cm³/mol. The molecule has 3 saturated carbocycles. The number of hydrogen-bond acceptors (Lipinski definition) is 18. The van der Waals surface area contributed by atoms with E-state index in [1.807, 2.05) is 120 Å². The average molecular weight is 1590 g/mol. The van der Waals surface area contributed by atoms with Gasteiger partial charge in [0.05, 0.1) is 91.4 Å². The number of nitrogens with zero attached hydrogens (tertiary/aromatic N) is 16. The molecule has 4 amide bonds. The first-order valence-electron chi connectivity index (χ1n) is 38.2. The highest BCUT2D eigenvalue weighted by Gasteiger charge is 2.39. The summed E-state index contributed by atoms with van der Waals surface area (Å²) in [5.74, 6) is 1.35. The topological polar surface area (TPSA) is 278 Å². The minimum Gasteiger partial charge on any atom is -0.444 e. The van der Waals surface area contributed by atoms with Gasteiger partial charge >= 0.3 is 18.3 Å². The Kier molecular flexibility index (Phi) is 19.5. The van der Waals surface area contributed by atoms with Crippen molar-refractivity contribution in [3.63, 3.8) is 0 Å². The van der Waals surface area contributed by atoms with Gasteiger partial charge in [0.2, 0.25) is 17.7 Å². The summed E-state index contributed by atoms with van der Waals surface area (Å²) in [6, 6.07) is 13.0. The van der Waals surface area contributed by atoms with Crippen LogP contribution in [0.25, 0.3) is 77.8 Å². The standard InChI is InChI=1S/C36H43N7O5.C27H28N6O.C19H21IN4O3/c1-35(2,3)47-33(45)41-14-7-8-25(19-41)43-21-38-27-12-11-23(16-29(27)43)26-20-42(34(46)48-36(4,5)6)31-30(26)39-28(17-37-31)24-13-15-40(18-24)32(44)22-9-10-22;34-27(17-3-4-17)32-11-9-19(15-32)24-14-29-23-8-6-21(26(23)31-24)18-5-7-22-25(12-18)33(16-30-22)20-2-1-10-28-13-20;1-19(2,3)27-18(26)24-10-13(20)15-16(24)21-8-14(22-15)12-6-7-23(9-12)17(25)11-4-5-11/h11-13,16-17,20-22,25H,7-10,14-15,18-19H2,1-6H3;5-7,9,12,14,16-17,20,28H,1-4,8,10-11,13,15H2;6,8,10-11H,4-5,7,9H2,1-3H3. The zero-order valence-electron chi connectivity index (χ0n) is 63.3. The van der Waals surface area contributed by atoms with Crippen LogP contribution in [-0.4, -0.2) is 196 Å². The van der Waals surface area contributed by atoms with E-state index >= 15 is 0 Å². The van der Waals surface area contributed by atoms with E-state index in [0.29, 0.717) is 92.3 Å². The Morgan fingerprint density at radius 3 is 1.51 bits per heavy atom. The van der Waals surface area contributed by atoms with Crippen LogP contribution in [0, 0.1) is 21.3 Å². The van der Waals surface area contributed by atoms with Crippen LogP contribution in [-0.2, 0) is 35.0 Å². The van der Waals surface area contributed by atoms with Crippen LogP contribution in [0.15, 0.2) is 104 Å². The monoisotopic (exact) mass is 1590 g/mol. The third-order valence-corrected chi connectivity index (χ3v) is 21.9. The van der Waals surface area contributed by atoms with Gasteiger partial charge in [-0.1, -0.05) is 36.4 Å². The number of aromatic nitrogens is 12. The van der Waals surface area contributed by atoms with E-state index in [9.17, 15) is 28.8 Å². The molecule has 0 bridgehead atoms. The molecule has 2 unspecified atom stereocenters. The van der Waals surface area contributed by atoms with Crippen molar-refractivity contribution in [2.45, 2.75) is 162 Å². The van der Waals surface area contributed by atoms with E-state index in [1.165, 1.54) is 27.5 Å². The third-order valence-electron chi connectivity index (χ3n) is 21.1. The Bertz CT molecular complexity index is 5290. The minimum absolute atomic E-state index is 0.0246. The number of fused-ring (bicyclic) bond motifs is 5. The fourth-order valence-corrected chi connectivity index (χ4v) is 15.7. The van der Waals surface area contributed by atoms with Crippen molar-refractivity contribution in [2.75, 3.05) is 65.4 Å².